The van der Waals surface area contributed by atoms with Crippen molar-refractivity contribution < 1.29 is 18.0 Å². The van der Waals surface area contributed by atoms with Crippen molar-refractivity contribution in [1.29, 1.82) is 0 Å². The first kappa shape index (κ1) is 18.9. The molecule has 0 rings (SSSR count). The molecule has 2 unspecified atom stereocenters. The van der Waals surface area contributed by atoms with Crippen LogP contribution in [0.25, 0.3) is 0 Å². The monoisotopic (exact) mass is 262 g/mol. The minimum absolute atomic E-state index is 0. The molecule has 16 heavy (non-hydrogen) atoms. The van der Waals surface area contributed by atoms with E-state index in [1.165, 1.54) is 0 Å². The standard InChI is InChI=1S/C10H23O4Si.Al/c1-6-9(4)13-10(5)14-15(11-7-2)12-8-3;/h9-10H,6-8H2,1-5H3;. The van der Waals surface area contributed by atoms with Crippen LogP contribution in [0.1, 0.15) is 41.0 Å². The predicted octanol–water partition coefficient (Wildman–Crippen LogP) is 1.84. The summed E-state index contributed by atoms with van der Waals surface area (Å²) in [7, 11) is -1.62. The van der Waals surface area contributed by atoms with Crippen molar-refractivity contribution in [2.24, 2.45) is 0 Å². The maximum atomic E-state index is 5.57. The van der Waals surface area contributed by atoms with Crippen LogP contribution in [-0.2, 0) is 18.0 Å². The van der Waals surface area contributed by atoms with Gasteiger partial charge in [-0.3, -0.25) is 0 Å². The maximum absolute atomic E-state index is 5.57. The molecule has 2 atom stereocenters. The Morgan fingerprint density at radius 3 is 1.88 bits per heavy atom. The van der Waals surface area contributed by atoms with E-state index in [1.54, 1.807) is 0 Å². The molecule has 0 bridgehead atoms. The SMILES string of the molecule is CCO[Si](OCC)OC(C)OC(C)CC.[Al]. The molecule has 6 heteroatoms. The van der Waals surface area contributed by atoms with Crippen LogP contribution >= 0.6 is 0 Å². The highest BCUT2D eigenvalue weighted by atomic mass is 28.3. The van der Waals surface area contributed by atoms with Crippen molar-refractivity contribution >= 4 is 26.9 Å². The summed E-state index contributed by atoms with van der Waals surface area (Å²) in [5.74, 6) is 0. The average molecular weight is 262 g/mol. The van der Waals surface area contributed by atoms with Crippen LogP contribution < -0.4 is 0 Å². The second-order valence-corrected chi connectivity index (χ2v) is 4.47. The van der Waals surface area contributed by atoms with Crippen LogP contribution in [0.4, 0.5) is 0 Å². The summed E-state index contributed by atoms with van der Waals surface area (Å²) >= 11 is 0. The lowest BCUT2D eigenvalue weighted by molar-refractivity contribution is -0.125. The highest BCUT2D eigenvalue weighted by Gasteiger charge is 2.22. The van der Waals surface area contributed by atoms with Crippen LogP contribution in [0, 0.1) is 0 Å². The number of rotatable bonds is 9. The normalized spacial score (nSPS) is 14.6. The zero-order valence-corrected chi connectivity index (χ0v) is 13.1. The van der Waals surface area contributed by atoms with E-state index >= 15 is 0 Å². The molecule has 0 aromatic rings. The molecule has 0 aliphatic heterocycles. The Labute approximate surface area is 112 Å². The van der Waals surface area contributed by atoms with Gasteiger partial charge < -0.3 is 18.0 Å². The molecular formula is C10H23AlO4Si. The zero-order chi connectivity index (χ0) is 11.7. The van der Waals surface area contributed by atoms with Crippen LogP contribution in [0.3, 0.4) is 0 Å². The largest absolute Gasteiger partial charge is 0.579 e. The second kappa shape index (κ2) is 12.1. The van der Waals surface area contributed by atoms with Crippen molar-refractivity contribution in [2.75, 3.05) is 13.2 Å². The van der Waals surface area contributed by atoms with Gasteiger partial charge in [-0.15, -0.1) is 0 Å². The molecule has 0 heterocycles. The Morgan fingerprint density at radius 2 is 1.50 bits per heavy atom. The lowest BCUT2D eigenvalue weighted by atomic mass is 10.3. The summed E-state index contributed by atoms with van der Waals surface area (Å²) in [5.41, 5.74) is 0. The fraction of sp³-hybridized carbons (Fsp3) is 1.00. The topological polar surface area (TPSA) is 36.9 Å². The van der Waals surface area contributed by atoms with E-state index in [9.17, 15) is 0 Å². The highest BCUT2D eigenvalue weighted by molar-refractivity contribution is 6.36. The number of ether oxygens (including phenoxy) is 1. The Morgan fingerprint density at radius 1 is 1.00 bits per heavy atom. The smallest absolute Gasteiger partial charge is 0.371 e. The van der Waals surface area contributed by atoms with E-state index in [-0.39, 0.29) is 29.8 Å². The van der Waals surface area contributed by atoms with Gasteiger partial charge in [0.25, 0.3) is 0 Å². The minimum atomic E-state index is -1.62. The molecule has 0 saturated carbocycles. The summed E-state index contributed by atoms with van der Waals surface area (Å²) in [6, 6.07) is 0. The maximum Gasteiger partial charge on any atom is 0.579 e. The Bertz CT molecular complexity index is 145. The van der Waals surface area contributed by atoms with Crippen LogP contribution in [0.2, 0.25) is 0 Å². The first-order valence-corrected chi connectivity index (χ1v) is 6.81. The van der Waals surface area contributed by atoms with Crippen molar-refractivity contribution in [1.82, 2.24) is 0 Å². The van der Waals surface area contributed by atoms with E-state index in [2.05, 4.69) is 6.92 Å². The molecule has 0 aliphatic carbocycles. The Kier molecular flexibility index (Phi) is 14.3. The first-order valence-electron chi connectivity index (χ1n) is 5.58. The lowest BCUT2D eigenvalue weighted by Gasteiger charge is -2.21. The molecule has 0 spiro atoms. The van der Waals surface area contributed by atoms with Crippen LogP contribution in [0.15, 0.2) is 0 Å². The first-order chi connectivity index (χ1) is 7.13. The van der Waals surface area contributed by atoms with Gasteiger partial charge in [0.1, 0.15) is 6.29 Å². The quantitative estimate of drug-likeness (QED) is 0.469. The van der Waals surface area contributed by atoms with Crippen LogP contribution in [-0.4, -0.2) is 52.5 Å². The average Bonchev–Trinajstić information content (AvgIpc) is 2.18. The van der Waals surface area contributed by atoms with Gasteiger partial charge in [-0.1, -0.05) is 6.92 Å². The van der Waals surface area contributed by atoms with E-state index in [0.717, 1.165) is 6.42 Å². The molecule has 4 nitrogen and oxygen atoms in total. The van der Waals surface area contributed by atoms with Crippen molar-refractivity contribution in [3.05, 3.63) is 0 Å². The van der Waals surface area contributed by atoms with Gasteiger partial charge >= 0.3 is 9.53 Å². The van der Waals surface area contributed by atoms with E-state index in [0.29, 0.717) is 13.2 Å². The van der Waals surface area contributed by atoms with Gasteiger partial charge in [0, 0.05) is 30.6 Å². The molecule has 0 fully saturated rings. The molecular weight excluding hydrogens is 239 g/mol. The summed E-state index contributed by atoms with van der Waals surface area (Å²) in [4.78, 5) is 0. The lowest BCUT2D eigenvalue weighted by Crippen LogP contribution is -2.33. The van der Waals surface area contributed by atoms with E-state index in [4.69, 9.17) is 18.0 Å². The van der Waals surface area contributed by atoms with Gasteiger partial charge in [0.05, 0.1) is 6.10 Å². The molecule has 0 aromatic heterocycles. The fourth-order valence-corrected chi connectivity index (χ4v) is 1.95. The van der Waals surface area contributed by atoms with Gasteiger partial charge in [-0.2, -0.15) is 0 Å². The third kappa shape index (κ3) is 9.79. The zero-order valence-electron chi connectivity index (χ0n) is 11.0. The molecule has 0 N–H and O–H groups in total. The second-order valence-electron chi connectivity index (χ2n) is 3.16. The molecule has 0 saturated heterocycles. The summed E-state index contributed by atoms with van der Waals surface area (Å²) in [6.07, 6.45) is 0.900. The van der Waals surface area contributed by atoms with Gasteiger partial charge in [-0.25, -0.2) is 0 Å². The highest BCUT2D eigenvalue weighted by Crippen LogP contribution is 2.05. The molecule has 0 aliphatic rings. The number of hydrogen-bond acceptors (Lipinski definition) is 4. The van der Waals surface area contributed by atoms with Gasteiger partial charge in [0.15, 0.2) is 0 Å². The molecule has 94 valence electrons. The number of hydrogen-bond donors (Lipinski definition) is 0. The third-order valence-electron chi connectivity index (χ3n) is 1.79. The summed E-state index contributed by atoms with van der Waals surface area (Å²) in [5, 5.41) is 0. The predicted molar refractivity (Wildman–Crippen MR) is 66.1 cm³/mol. The summed E-state index contributed by atoms with van der Waals surface area (Å²) < 4.78 is 21.8. The van der Waals surface area contributed by atoms with Gasteiger partial charge in [0.2, 0.25) is 0 Å². The Balaban J connectivity index is 0. The van der Waals surface area contributed by atoms with E-state index in [1.807, 2.05) is 27.7 Å². The van der Waals surface area contributed by atoms with Crippen molar-refractivity contribution in [3.63, 3.8) is 0 Å². The van der Waals surface area contributed by atoms with Crippen LogP contribution in [0.5, 0.6) is 0 Å². The minimum Gasteiger partial charge on any atom is -0.371 e. The van der Waals surface area contributed by atoms with E-state index < -0.39 is 9.53 Å². The third-order valence-corrected chi connectivity index (χ3v) is 3.36. The van der Waals surface area contributed by atoms with Crippen molar-refractivity contribution in [3.8, 4) is 0 Å². The van der Waals surface area contributed by atoms with Crippen molar-refractivity contribution in [2.45, 2.75) is 53.4 Å². The molecule has 0 aromatic carbocycles. The fourth-order valence-electron chi connectivity index (χ4n) is 0.932. The molecule has 0 amide bonds. The summed E-state index contributed by atoms with van der Waals surface area (Å²) in [6.45, 7) is 11.0. The Hall–Kier alpha value is 0.589. The van der Waals surface area contributed by atoms with Gasteiger partial charge in [-0.05, 0) is 34.1 Å². The molecule has 4 radical (unpaired) electrons.